The summed E-state index contributed by atoms with van der Waals surface area (Å²) in [6.07, 6.45) is 6.42. The summed E-state index contributed by atoms with van der Waals surface area (Å²) in [6.45, 7) is 18.2. The highest BCUT2D eigenvalue weighted by Crippen LogP contribution is 2.31. The Morgan fingerprint density at radius 3 is 2.29 bits per heavy atom. The average molecular weight is 820 g/mol. The first-order chi connectivity index (χ1) is 27.9. The summed E-state index contributed by atoms with van der Waals surface area (Å²) in [7, 11) is 0. The van der Waals surface area contributed by atoms with Gasteiger partial charge in [-0.2, -0.15) is 0 Å². The van der Waals surface area contributed by atoms with Crippen molar-refractivity contribution in [1.29, 1.82) is 0 Å². The number of halogens is 1. The summed E-state index contributed by atoms with van der Waals surface area (Å²) in [4.78, 5) is 64.8. The van der Waals surface area contributed by atoms with Gasteiger partial charge < -0.3 is 40.4 Å². The van der Waals surface area contributed by atoms with Gasteiger partial charge in [-0.1, -0.05) is 23.7 Å². The van der Waals surface area contributed by atoms with Crippen molar-refractivity contribution in [3.8, 4) is 0 Å². The normalized spacial score (nSPS) is 20.8. The Bertz CT molecular complexity index is 1820. The molecule has 0 spiro atoms. The van der Waals surface area contributed by atoms with Gasteiger partial charge in [-0.15, -0.1) is 0 Å². The van der Waals surface area contributed by atoms with E-state index in [1.165, 1.54) is 12.9 Å². The van der Waals surface area contributed by atoms with E-state index < -0.39 is 17.2 Å². The zero-order valence-corrected chi connectivity index (χ0v) is 35.2. The van der Waals surface area contributed by atoms with Crippen LogP contribution in [0.4, 0.5) is 10.6 Å². The minimum absolute atomic E-state index is 0.220. The molecule has 4 N–H and O–H groups in total. The van der Waals surface area contributed by atoms with Crippen molar-refractivity contribution < 1.29 is 19.1 Å². The Kier molecular flexibility index (Phi) is 13.7. The number of anilines is 1. The lowest BCUT2D eigenvalue weighted by atomic mass is 9.85. The number of rotatable bonds is 12. The lowest BCUT2D eigenvalue weighted by Gasteiger charge is -2.42. The van der Waals surface area contributed by atoms with E-state index >= 15 is 0 Å². The molecular formula is C42H62ClN11O4. The van der Waals surface area contributed by atoms with Crippen LogP contribution < -0.4 is 20.9 Å². The van der Waals surface area contributed by atoms with E-state index in [0.717, 1.165) is 100 Å². The number of aromatic amines is 1. The highest BCUT2D eigenvalue weighted by molar-refractivity contribution is 6.30. The van der Waals surface area contributed by atoms with Crippen LogP contribution >= 0.6 is 11.6 Å². The number of nitrogens with zero attached hydrogens (tertiary/aromatic N) is 7. The van der Waals surface area contributed by atoms with Crippen LogP contribution in [0.1, 0.15) is 64.5 Å². The van der Waals surface area contributed by atoms with Crippen molar-refractivity contribution in [2.45, 2.75) is 70.1 Å². The molecule has 1 aromatic carbocycles. The van der Waals surface area contributed by atoms with Crippen molar-refractivity contribution in [2.75, 3.05) is 103 Å². The standard InChI is InChI=1S/C42H62ClN11O4/c1-41(2,3)58-40(57)49-42(12-20-54(21-13-42)38-34-8-14-45-37(34)46-30-47-38)39(56)48-35(32-4-6-33(43)7-5-32)11-19-50-24-26-53(27-25-50)36(55)29-51-17-9-31(10-18-51)28-52-22-15-44-16-23-52/h4-8,14,30-31,35,44H,9-13,15-29H2,1-3H3,(H,48,56)(H,49,57)(H,45,46,47)/t35-/m0/s1. The van der Waals surface area contributed by atoms with Crippen molar-refractivity contribution in [2.24, 2.45) is 5.92 Å². The summed E-state index contributed by atoms with van der Waals surface area (Å²) < 4.78 is 5.68. The number of amides is 3. The maximum atomic E-state index is 14.6. The molecule has 316 valence electrons. The quantitative estimate of drug-likeness (QED) is 0.213. The van der Waals surface area contributed by atoms with Gasteiger partial charge in [-0.3, -0.25) is 19.4 Å². The van der Waals surface area contributed by atoms with E-state index in [-0.39, 0.29) is 17.9 Å². The van der Waals surface area contributed by atoms with Crippen LogP contribution in [0.2, 0.25) is 5.02 Å². The van der Waals surface area contributed by atoms with Crippen LogP contribution in [0, 0.1) is 5.92 Å². The van der Waals surface area contributed by atoms with Crippen LogP contribution in [-0.2, 0) is 14.3 Å². The molecule has 7 rings (SSSR count). The Morgan fingerprint density at radius 1 is 0.897 bits per heavy atom. The van der Waals surface area contributed by atoms with E-state index in [0.29, 0.717) is 57.0 Å². The number of carbonyl (C=O) groups excluding carboxylic acids is 3. The van der Waals surface area contributed by atoms with Crippen LogP contribution in [0.5, 0.6) is 0 Å². The molecule has 0 unspecified atom stereocenters. The Morgan fingerprint density at radius 2 is 1.60 bits per heavy atom. The van der Waals surface area contributed by atoms with E-state index in [1.807, 2.05) is 62.2 Å². The molecular weight excluding hydrogens is 758 g/mol. The third kappa shape index (κ3) is 11.0. The predicted molar refractivity (Wildman–Crippen MR) is 226 cm³/mol. The van der Waals surface area contributed by atoms with Crippen molar-refractivity contribution in [1.82, 2.24) is 50.5 Å². The summed E-state index contributed by atoms with van der Waals surface area (Å²) in [6, 6.07) is 9.19. The fourth-order valence-electron chi connectivity index (χ4n) is 8.84. The van der Waals surface area contributed by atoms with Crippen LogP contribution in [0.15, 0.2) is 42.9 Å². The van der Waals surface area contributed by atoms with Crippen LogP contribution in [0.25, 0.3) is 11.0 Å². The summed E-state index contributed by atoms with van der Waals surface area (Å²) >= 11 is 6.30. The second-order valence-corrected chi connectivity index (χ2v) is 17.9. The van der Waals surface area contributed by atoms with Crippen LogP contribution in [-0.4, -0.2) is 162 Å². The molecule has 0 radical (unpaired) electrons. The first-order valence-electron chi connectivity index (χ1n) is 21.2. The van der Waals surface area contributed by atoms with Crippen LogP contribution in [0.3, 0.4) is 0 Å². The topological polar surface area (TPSA) is 154 Å². The molecule has 0 bridgehead atoms. The number of nitrogens with one attached hydrogen (secondary N) is 4. The maximum absolute atomic E-state index is 14.6. The van der Waals surface area contributed by atoms with E-state index in [2.05, 4.69) is 50.5 Å². The molecule has 4 saturated heterocycles. The molecule has 1 atom stereocenters. The molecule has 3 aromatic rings. The number of likely N-dealkylation sites (tertiary alicyclic amines) is 1. The number of hydrogen-bond acceptors (Lipinski definition) is 11. The first kappa shape index (κ1) is 42.1. The number of H-pyrrole nitrogens is 1. The molecule has 3 amide bonds. The number of benzene rings is 1. The number of piperidine rings is 2. The molecule has 16 heteroatoms. The zero-order chi connectivity index (χ0) is 40.7. The molecule has 0 saturated carbocycles. The molecule has 2 aromatic heterocycles. The second kappa shape index (κ2) is 18.9. The zero-order valence-electron chi connectivity index (χ0n) is 34.5. The Hall–Kier alpha value is -4.02. The third-order valence-corrected chi connectivity index (χ3v) is 12.5. The monoisotopic (exact) mass is 819 g/mol. The van der Waals surface area contributed by atoms with Gasteiger partial charge in [0.1, 0.15) is 28.9 Å². The number of aromatic nitrogens is 3. The molecule has 4 aliphatic heterocycles. The van der Waals surface area contributed by atoms with Gasteiger partial charge in [0.15, 0.2) is 0 Å². The van der Waals surface area contributed by atoms with Gasteiger partial charge in [-0.05, 0) is 95.6 Å². The first-order valence-corrected chi connectivity index (χ1v) is 21.6. The average Bonchev–Trinajstić information content (AvgIpc) is 3.70. The van der Waals surface area contributed by atoms with Gasteiger partial charge in [0.25, 0.3) is 0 Å². The molecule has 15 nitrogen and oxygen atoms in total. The third-order valence-electron chi connectivity index (χ3n) is 12.3. The number of carbonyl (C=O) groups is 3. The predicted octanol–water partition coefficient (Wildman–Crippen LogP) is 3.48. The van der Waals surface area contributed by atoms with Crippen molar-refractivity contribution >= 4 is 46.4 Å². The van der Waals surface area contributed by atoms with Gasteiger partial charge in [0.05, 0.1) is 18.0 Å². The minimum Gasteiger partial charge on any atom is -0.444 e. The number of fused-ring (bicyclic) bond motifs is 1. The smallest absolute Gasteiger partial charge is 0.408 e. The molecule has 58 heavy (non-hydrogen) atoms. The number of alkyl carbamates (subject to hydrolysis) is 1. The fraction of sp³-hybridized carbons (Fsp3) is 0.643. The molecule has 6 heterocycles. The fourth-order valence-corrected chi connectivity index (χ4v) is 8.97. The van der Waals surface area contributed by atoms with E-state index in [1.54, 1.807) is 0 Å². The van der Waals surface area contributed by atoms with Crippen molar-refractivity contribution in [3.63, 3.8) is 0 Å². The second-order valence-electron chi connectivity index (χ2n) is 17.5. The highest BCUT2D eigenvalue weighted by Gasteiger charge is 2.45. The molecule has 4 fully saturated rings. The van der Waals surface area contributed by atoms with Crippen molar-refractivity contribution in [3.05, 3.63) is 53.4 Å². The van der Waals surface area contributed by atoms with E-state index in [9.17, 15) is 14.4 Å². The number of ether oxygens (including phenoxy) is 1. The number of hydrogen-bond donors (Lipinski definition) is 4. The maximum Gasteiger partial charge on any atom is 0.408 e. The van der Waals surface area contributed by atoms with Gasteiger partial charge >= 0.3 is 6.09 Å². The van der Waals surface area contributed by atoms with Gasteiger partial charge in [0, 0.05) is 89.8 Å². The molecule has 4 aliphatic rings. The lowest BCUT2D eigenvalue weighted by molar-refractivity contribution is -0.134. The van der Waals surface area contributed by atoms with E-state index in [4.69, 9.17) is 16.3 Å². The summed E-state index contributed by atoms with van der Waals surface area (Å²) in [5.74, 6) is 1.48. The Balaban J connectivity index is 0.947. The van der Waals surface area contributed by atoms with Gasteiger partial charge in [-0.25, -0.2) is 14.8 Å². The Labute approximate surface area is 347 Å². The minimum atomic E-state index is -1.21. The van der Waals surface area contributed by atoms with Gasteiger partial charge in [0.2, 0.25) is 11.8 Å². The molecule has 0 aliphatic carbocycles. The summed E-state index contributed by atoms with van der Waals surface area (Å²) in [5, 5.41) is 11.3. The number of piperazine rings is 2. The summed E-state index contributed by atoms with van der Waals surface area (Å²) in [5.41, 5.74) is -0.257. The highest BCUT2D eigenvalue weighted by atomic mass is 35.5. The SMILES string of the molecule is CC(C)(C)OC(=O)NC1(C(=O)N[C@@H](CCN2CCN(C(=O)CN3CCC(CN4CCNCC4)CC3)CC2)c2ccc(Cl)cc2)CCN(c2ncnc3[nH]ccc23)CC1. The lowest BCUT2D eigenvalue weighted by Crippen LogP contribution is -2.64. The largest absolute Gasteiger partial charge is 0.444 e.